The van der Waals surface area contributed by atoms with Crippen molar-refractivity contribution in [2.75, 3.05) is 7.11 Å². The van der Waals surface area contributed by atoms with Crippen LogP contribution in [0.2, 0.25) is 0 Å². The number of methoxy groups -OCH3 is 1. The van der Waals surface area contributed by atoms with E-state index in [0.717, 1.165) is 28.1 Å². The number of rotatable bonds is 6. The maximum absolute atomic E-state index is 13.7. The molecule has 0 N–H and O–H groups in total. The molecule has 0 fully saturated rings. The zero-order chi connectivity index (χ0) is 23.4. The van der Waals surface area contributed by atoms with Crippen molar-refractivity contribution < 1.29 is 9.53 Å². The van der Waals surface area contributed by atoms with Crippen molar-refractivity contribution in [3.8, 4) is 0 Å². The van der Waals surface area contributed by atoms with Crippen molar-refractivity contribution in [1.29, 1.82) is 0 Å². The summed E-state index contributed by atoms with van der Waals surface area (Å²) in [5.41, 5.74) is 2.65. The quantitative estimate of drug-likeness (QED) is 0.354. The molecule has 168 valence electrons. The number of hydrogen-bond donors (Lipinski definition) is 0. The van der Waals surface area contributed by atoms with Gasteiger partial charge in [0.05, 0.1) is 13.2 Å². The Morgan fingerprint density at radius 2 is 1.32 bits per heavy atom. The minimum atomic E-state index is -1.25. The summed E-state index contributed by atoms with van der Waals surface area (Å²) in [4.78, 5) is 21.2. The number of benzene rings is 4. The van der Waals surface area contributed by atoms with Crippen LogP contribution in [0.25, 0.3) is 0 Å². The normalized spacial score (nSPS) is 19.5. The lowest BCUT2D eigenvalue weighted by atomic mass is 9.79. The van der Waals surface area contributed by atoms with Crippen molar-refractivity contribution in [2.24, 2.45) is 4.99 Å². The number of aliphatic imine (C=N–C) groups is 1. The molecule has 1 aliphatic rings. The standard InChI is InChI=1S/C30H26N2O2/c1-34-29(33)30(26-20-12-5-13-21-26)27(24-16-8-3-9-17-24)32(22-23-14-6-2-7-15-23)28(31-30)25-18-10-4-11-19-25/h2-21,27H,22H2,1H3/t27-,30-/m1/s1. The average molecular weight is 447 g/mol. The van der Waals surface area contributed by atoms with Crippen LogP contribution >= 0.6 is 0 Å². The Kier molecular flexibility index (Phi) is 5.96. The first-order valence-electron chi connectivity index (χ1n) is 11.4. The summed E-state index contributed by atoms with van der Waals surface area (Å²) in [5.74, 6) is 0.393. The van der Waals surface area contributed by atoms with Crippen LogP contribution < -0.4 is 0 Å². The van der Waals surface area contributed by atoms with Crippen LogP contribution in [0.15, 0.2) is 126 Å². The lowest BCUT2D eigenvalue weighted by Gasteiger charge is -2.37. The second-order valence-corrected chi connectivity index (χ2v) is 8.35. The molecule has 0 radical (unpaired) electrons. The van der Waals surface area contributed by atoms with Crippen LogP contribution in [0.5, 0.6) is 0 Å². The Bertz CT molecular complexity index is 1270. The molecule has 0 spiro atoms. The van der Waals surface area contributed by atoms with Crippen molar-refractivity contribution in [2.45, 2.75) is 18.1 Å². The fraction of sp³-hybridized carbons (Fsp3) is 0.133. The number of ether oxygens (including phenoxy) is 1. The van der Waals surface area contributed by atoms with Gasteiger partial charge in [0.1, 0.15) is 5.84 Å². The molecule has 34 heavy (non-hydrogen) atoms. The van der Waals surface area contributed by atoms with Gasteiger partial charge in [0.15, 0.2) is 0 Å². The number of esters is 1. The molecule has 0 amide bonds. The van der Waals surface area contributed by atoms with E-state index in [1.807, 2.05) is 97.1 Å². The van der Waals surface area contributed by atoms with Gasteiger partial charge >= 0.3 is 5.97 Å². The van der Waals surface area contributed by atoms with Gasteiger partial charge in [-0.15, -0.1) is 0 Å². The molecule has 0 unspecified atom stereocenters. The van der Waals surface area contributed by atoms with Gasteiger partial charge < -0.3 is 9.64 Å². The molecule has 0 saturated carbocycles. The predicted octanol–water partition coefficient (Wildman–Crippen LogP) is 5.76. The molecule has 2 atom stereocenters. The molecule has 0 saturated heterocycles. The summed E-state index contributed by atoms with van der Waals surface area (Å²) in [7, 11) is 1.44. The van der Waals surface area contributed by atoms with Crippen LogP contribution in [-0.2, 0) is 21.6 Å². The third-order valence-electron chi connectivity index (χ3n) is 6.32. The van der Waals surface area contributed by atoms with Crippen LogP contribution in [0.1, 0.15) is 28.3 Å². The highest BCUT2D eigenvalue weighted by atomic mass is 16.5. The van der Waals surface area contributed by atoms with Gasteiger partial charge in [-0.05, 0) is 16.7 Å². The Morgan fingerprint density at radius 3 is 1.91 bits per heavy atom. The summed E-state index contributed by atoms with van der Waals surface area (Å²) >= 11 is 0. The second-order valence-electron chi connectivity index (χ2n) is 8.35. The van der Waals surface area contributed by atoms with Gasteiger partial charge in [-0.1, -0.05) is 121 Å². The highest BCUT2D eigenvalue weighted by Crippen LogP contribution is 2.49. The Balaban J connectivity index is 1.79. The molecule has 0 aliphatic carbocycles. The predicted molar refractivity (Wildman–Crippen MR) is 134 cm³/mol. The first kappa shape index (κ1) is 21.7. The number of carbonyl (C=O) groups excluding carboxylic acids is 1. The molecule has 1 aliphatic heterocycles. The third-order valence-corrected chi connectivity index (χ3v) is 6.32. The van der Waals surface area contributed by atoms with Crippen LogP contribution in [0.4, 0.5) is 0 Å². The zero-order valence-electron chi connectivity index (χ0n) is 19.0. The van der Waals surface area contributed by atoms with Gasteiger partial charge in [-0.3, -0.25) is 0 Å². The van der Waals surface area contributed by atoms with E-state index in [0.29, 0.717) is 6.54 Å². The van der Waals surface area contributed by atoms with Crippen molar-refractivity contribution >= 4 is 11.8 Å². The summed E-state index contributed by atoms with van der Waals surface area (Å²) < 4.78 is 5.45. The maximum Gasteiger partial charge on any atom is 0.341 e. The van der Waals surface area contributed by atoms with Crippen molar-refractivity contribution in [1.82, 2.24) is 4.90 Å². The van der Waals surface area contributed by atoms with E-state index >= 15 is 0 Å². The zero-order valence-corrected chi connectivity index (χ0v) is 19.0. The lowest BCUT2D eigenvalue weighted by Crippen LogP contribution is -2.44. The Morgan fingerprint density at radius 1 is 0.794 bits per heavy atom. The molecule has 5 rings (SSSR count). The highest BCUT2D eigenvalue weighted by Gasteiger charge is 2.57. The van der Waals surface area contributed by atoms with Gasteiger partial charge in [0.25, 0.3) is 0 Å². The number of amidine groups is 1. The first-order valence-corrected chi connectivity index (χ1v) is 11.4. The monoisotopic (exact) mass is 446 g/mol. The Hall–Kier alpha value is -4.18. The first-order chi connectivity index (χ1) is 16.7. The number of nitrogens with zero attached hydrogens (tertiary/aromatic N) is 2. The Labute approximate surface area is 200 Å². The van der Waals surface area contributed by atoms with E-state index in [2.05, 4.69) is 29.2 Å². The minimum Gasteiger partial charge on any atom is -0.467 e. The number of hydrogen-bond acceptors (Lipinski definition) is 4. The molecule has 1 heterocycles. The van der Waals surface area contributed by atoms with Crippen molar-refractivity contribution in [3.63, 3.8) is 0 Å². The van der Waals surface area contributed by atoms with E-state index in [9.17, 15) is 4.79 Å². The number of carbonyl (C=O) groups is 1. The highest BCUT2D eigenvalue weighted by molar-refractivity contribution is 6.04. The maximum atomic E-state index is 13.7. The van der Waals surface area contributed by atoms with Gasteiger partial charge in [0, 0.05) is 12.1 Å². The molecular weight excluding hydrogens is 420 g/mol. The lowest BCUT2D eigenvalue weighted by molar-refractivity contribution is -0.149. The molecule has 4 aromatic rings. The topological polar surface area (TPSA) is 41.9 Å². The minimum absolute atomic E-state index is 0.378. The van der Waals surface area contributed by atoms with Crippen LogP contribution in [-0.4, -0.2) is 23.8 Å². The summed E-state index contributed by atoms with van der Waals surface area (Å²) in [6, 6.07) is 39.8. The van der Waals surface area contributed by atoms with Gasteiger partial charge in [-0.2, -0.15) is 0 Å². The SMILES string of the molecule is COC(=O)[C@]1(c2ccccc2)N=C(c2ccccc2)N(Cc2ccccc2)[C@@H]1c1ccccc1. The van der Waals surface area contributed by atoms with Gasteiger partial charge in [-0.25, -0.2) is 9.79 Å². The van der Waals surface area contributed by atoms with E-state index < -0.39 is 5.54 Å². The van der Waals surface area contributed by atoms with Crippen LogP contribution in [0.3, 0.4) is 0 Å². The molecule has 4 aromatic carbocycles. The summed E-state index contributed by atoms with van der Waals surface area (Å²) in [6.45, 7) is 0.597. The largest absolute Gasteiger partial charge is 0.467 e. The fourth-order valence-corrected chi connectivity index (χ4v) is 4.81. The molecule has 0 aromatic heterocycles. The van der Waals surface area contributed by atoms with E-state index in [1.54, 1.807) is 0 Å². The average Bonchev–Trinajstić information content (AvgIpc) is 3.26. The van der Waals surface area contributed by atoms with E-state index in [4.69, 9.17) is 9.73 Å². The second kappa shape index (κ2) is 9.36. The third kappa shape index (κ3) is 3.77. The summed E-state index contributed by atoms with van der Waals surface area (Å²) in [6.07, 6.45) is 0. The molecule has 4 nitrogen and oxygen atoms in total. The van der Waals surface area contributed by atoms with E-state index in [1.165, 1.54) is 7.11 Å². The fourth-order valence-electron chi connectivity index (χ4n) is 4.81. The van der Waals surface area contributed by atoms with Crippen molar-refractivity contribution in [3.05, 3.63) is 144 Å². The van der Waals surface area contributed by atoms with E-state index in [-0.39, 0.29) is 12.0 Å². The van der Waals surface area contributed by atoms with Crippen LogP contribution in [0, 0.1) is 0 Å². The van der Waals surface area contributed by atoms with Gasteiger partial charge in [0.2, 0.25) is 5.54 Å². The molecular formula is C30H26N2O2. The smallest absolute Gasteiger partial charge is 0.341 e. The summed E-state index contributed by atoms with van der Waals surface area (Å²) in [5, 5.41) is 0. The molecule has 4 heteroatoms. The molecule has 0 bridgehead atoms.